The Kier molecular flexibility index (Phi) is 6.66. The third-order valence-electron chi connectivity index (χ3n) is 5.29. The number of sulfonamides is 1. The summed E-state index contributed by atoms with van der Waals surface area (Å²) in [6.07, 6.45) is 2.33. The predicted octanol–water partition coefficient (Wildman–Crippen LogP) is 2.21. The molecule has 0 spiro atoms. The lowest BCUT2D eigenvalue weighted by Gasteiger charge is -2.39. The number of rotatable bonds is 6. The van der Waals surface area contributed by atoms with Gasteiger partial charge >= 0.3 is 0 Å². The Bertz CT molecular complexity index is 843. The van der Waals surface area contributed by atoms with Crippen LogP contribution in [0.5, 0.6) is 0 Å². The zero-order chi connectivity index (χ0) is 20.5. The second-order valence-electron chi connectivity index (χ2n) is 7.03. The minimum atomic E-state index is -4.08. The van der Waals surface area contributed by atoms with Crippen molar-refractivity contribution in [3.63, 3.8) is 0 Å². The summed E-state index contributed by atoms with van der Waals surface area (Å²) in [5.41, 5.74) is 0. The van der Waals surface area contributed by atoms with Crippen LogP contribution in [0.15, 0.2) is 23.1 Å². The Morgan fingerprint density at radius 3 is 2.50 bits per heavy atom. The number of benzene rings is 1. The summed E-state index contributed by atoms with van der Waals surface area (Å²) in [5, 5.41) is 0.372. The number of halogens is 2. The number of ether oxygens (including phenoxy) is 1. The van der Waals surface area contributed by atoms with E-state index in [2.05, 4.69) is 0 Å². The van der Waals surface area contributed by atoms with Gasteiger partial charge in [0.25, 0.3) is 0 Å². The van der Waals surface area contributed by atoms with Crippen molar-refractivity contribution in [3.05, 3.63) is 28.2 Å². The van der Waals surface area contributed by atoms with Gasteiger partial charge in [-0.05, 0) is 37.5 Å². The number of carbonyl (C=O) groups is 2. The lowest BCUT2D eigenvalue weighted by molar-refractivity contribution is -0.135. The van der Waals surface area contributed by atoms with Gasteiger partial charge in [0, 0.05) is 42.2 Å². The Morgan fingerprint density at radius 2 is 1.89 bits per heavy atom. The fraction of sp³-hybridized carbons (Fsp3) is 0.556. The molecule has 0 radical (unpaired) electrons. The Hall–Kier alpha value is -1.19. The normalized spacial score (nSPS) is 26.2. The molecule has 2 aliphatic rings. The summed E-state index contributed by atoms with van der Waals surface area (Å²) in [7, 11) is -2.56. The van der Waals surface area contributed by atoms with E-state index in [0.717, 1.165) is 6.29 Å². The van der Waals surface area contributed by atoms with Gasteiger partial charge < -0.3 is 14.4 Å². The van der Waals surface area contributed by atoms with Gasteiger partial charge in [-0.15, -0.1) is 0 Å². The fourth-order valence-electron chi connectivity index (χ4n) is 4.00. The molecule has 3 rings (SSSR count). The van der Waals surface area contributed by atoms with Crippen LogP contribution in [-0.4, -0.2) is 68.7 Å². The monoisotopic (exact) mass is 448 g/mol. The minimum Gasteiger partial charge on any atom is -0.383 e. The molecule has 0 aromatic heterocycles. The van der Waals surface area contributed by atoms with Gasteiger partial charge in [0.2, 0.25) is 15.9 Å². The third kappa shape index (κ3) is 4.07. The minimum absolute atomic E-state index is 0.0790. The fourth-order valence-corrected chi connectivity index (χ4v) is 6.60. The summed E-state index contributed by atoms with van der Waals surface area (Å²) < 4.78 is 33.2. The van der Waals surface area contributed by atoms with E-state index < -0.39 is 28.0 Å². The van der Waals surface area contributed by atoms with E-state index in [1.807, 2.05) is 0 Å². The highest BCUT2D eigenvalue weighted by atomic mass is 35.5. The molecule has 0 aliphatic carbocycles. The van der Waals surface area contributed by atoms with Crippen molar-refractivity contribution in [2.24, 2.45) is 5.92 Å². The molecule has 2 bridgehead atoms. The zero-order valence-corrected chi connectivity index (χ0v) is 17.7. The number of aldehydes is 1. The van der Waals surface area contributed by atoms with Crippen LogP contribution in [-0.2, 0) is 24.3 Å². The summed E-state index contributed by atoms with van der Waals surface area (Å²) >= 11 is 12.0. The maximum Gasteiger partial charge on any atom is 0.244 e. The molecule has 7 nitrogen and oxygen atoms in total. The van der Waals surface area contributed by atoms with Crippen LogP contribution in [0.1, 0.15) is 19.3 Å². The van der Waals surface area contributed by atoms with Gasteiger partial charge in [0.1, 0.15) is 12.3 Å². The Balaban J connectivity index is 2.07. The smallest absolute Gasteiger partial charge is 0.244 e. The maximum absolute atomic E-state index is 13.5. The highest BCUT2D eigenvalue weighted by Crippen LogP contribution is 2.37. The van der Waals surface area contributed by atoms with Crippen LogP contribution in [0.4, 0.5) is 0 Å². The third-order valence-corrected chi connectivity index (χ3v) is 7.63. The Labute approximate surface area is 174 Å². The average Bonchev–Trinajstić information content (AvgIpc) is 2.72. The number of nitrogens with zero attached hydrogens (tertiary/aromatic N) is 2. The van der Waals surface area contributed by atoms with Crippen LogP contribution in [0.3, 0.4) is 0 Å². The summed E-state index contributed by atoms with van der Waals surface area (Å²) in [5.74, 6) is -0.918. The molecule has 0 saturated carbocycles. The quantitative estimate of drug-likeness (QED) is 0.622. The summed E-state index contributed by atoms with van der Waals surface area (Å²) in [6.45, 7) is 0.792. The molecular weight excluding hydrogens is 427 g/mol. The molecule has 2 fully saturated rings. The number of amides is 1. The van der Waals surface area contributed by atoms with Gasteiger partial charge in [-0.25, -0.2) is 8.42 Å². The van der Waals surface area contributed by atoms with E-state index in [9.17, 15) is 18.0 Å². The van der Waals surface area contributed by atoms with Gasteiger partial charge in [0.15, 0.2) is 0 Å². The van der Waals surface area contributed by atoms with Crippen LogP contribution >= 0.6 is 23.2 Å². The summed E-state index contributed by atoms with van der Waals surface area (Å²) in [4.78, 5) is 26.4. The van der Waals surface area contributed by atoms with Crippen molar-refractivity contribution < 1.29 is 22.7 Å². The number of carbonyl (C=O) groups excluding carboxylic acids is 2. The first-order valence-electron chi connectivity index (χ1n) is 9.02. The van der Waals surface area contributed by atoms with E-state index in [0.29, 0.717) is 32.4 Å². The second kappa shape index (κ2) is 8.67. The second-order valence-corrected chi connectivity index (χ2v) is 9.75. The van der Waals surface area contributed by atoms with Crippen molar-refractivity contribution in [2.75, 3.05) is 26.8 Å². The number of hydrogen-bond donors (Lipinski definition) is 0. The molecule has 1 aromatic rings. The van der Waals surface area contributed by atoms with Gasteiger partial charge in [0.05, 0.1) is 11.5 Å². The van der Waals surface area contributed by atoms with Crippen LogP contribution in [0.25, 0.3) is 0 Å². The number of fused-ring (bicyclic) bond motifs is 2. The predicted molar refractivity (Wildman–Crippen MR) is 105 cm³/mol. The molecule has 1 amide bonds. The molecule has 28 heavy (non-hydrogen) atoms. The largest absolute Gasteiger partial charge is 0.383 e. The van der Waals surface area contributed by atoms with Crippen molar-refractivity contribution in [1.82, 2.24) is 9.21 Å². The zero-order valence-electron chi connectivity index (χ0n) is 15.4. The first-order chi connectivity index (χ1) is 13.3. The standard InChI is InChI=1S/C18H22Cl2N2O5S/c1-27-6-5-21-10-12(11-23)16-3-2-4-17(18(21)24)22(16)28(25,26)15-8-13(19)7-14(20)9-15/h7-9,11-12,16-17H,2-6,10H2,1H3/t12-,16-,17+/m1/s1. The average molecular weight is 449 g/mol. The lowest BCUT2D eigenvalue weighted by atomic mass is 9.91. The van der Waals surface area contributed by atoms with E-state index in [-0.39, 0.29) is 27.4 Å². The van der Waals surface area contributed by atoms with E-state index in [1.54, 1.807) is 0 Å². The SMILES string of the molecule is COCCN1C[C@H](C=O)[C@H]2CCC[C@@H](C1=O)N2S(=O)(=O)c1cc(Cl)cc(Cl)c1. The molecule has 2 aliphatic heterocycles. The number of methoxy groups -OCH3 is 1. The van der Waals surface area contributed by atoms with Crippen LogP contribution in [0.2, 0.25) is 10.0 Å². The number of piperidine rings is 1. The molecule has 3 atom stereocenters. The van der Waals surface area contributed by atoms with Crippen molar-refractivity contribution in [1.29, 1.82) is 0 Å². The molecule has 1 aromatic carbocycles. The molecule has 154 valence electrons. The first-order valence-corrected chi connectivity index (χ1v) is 11.2. The van der Waals surface area contributed by atoms with E-state index in [4.69, 9.17) is 27.9 Å². The first kappa shape index (κ1) is 21.5. The van der Waals surface area contributed by atoms with Crippen molar-refractivity contribution in [2.45, 2.75) is 36.2 Å². The van der Waals surface area contributed by atoms with E-state index in [1.165, 1.54) is 34.5 Å². The lowest BCUT2D eigenvalue weighted by Crippen LogP contribution is -2.55. The van der Waals surface area contributed by atoms with Gasteiger partial charge in [-0.2, -0.15) is 4.31 Å². The highest BCUT2D eigenvalue weighted by Gasteiger charge is 2.50. The maximum atomic E-state index is 13.5. The van der Waals surface area contributed by atoms with Crippen LogP contribution < -0.4 is 0 Å². The topological polar surface area (TPSA) is 84.0 Å². The van der Waals surface area contributed by atoms with Crippen LogP contribution in [0, 0.1) is 5.92 Å². The number of hydrogen-bond acceptors (Lipinski definition) is 5. The van der Waals surface area contributed by atoms with E-state index >= 15 is 0 Å². The highest BCUT2D eigenvalue weighted by molar-refractivity contribution is 7.89. The molecule has 2 saturated heterocycles. The molecule has 0 N–H and O–H groups in total. The molecule has 2 heterocycles. The van der Waals surface area contributed by atoms with Gasteiger partial charge in [-0.3, -0.25) is 4.79 Å². The molecular formula is C18H22Cl2N2O5S. The van der Waals surface area contributed by atoms with Crippen molar-refractivity contribution >= 4 is 45.4 Å². The van der Waals surface area contributed by atoms with Crippen molar-refractivity contribution in [3.8, 4) is 0 Å². The summed E-state index contributed by atoms with van der Waals surface area (Å²) in [6, 6.07) is 2.62. The molecule has 10 heteroatoms. The molecule has 0 unspecified atom stereocenters. The van der Waals surface area contributed by atoms with Gasteiger partial charge in [-0.1, -0.05) is 23.2 Å². The Morgan fingerprint density at radius 1 is 1.21 bits per heavy atom.